The van der Waals surface area contributed by atoms with Crippen LogP contribution in [-0.4, -0.2) is 15.0 Å². The maximum atomic E-state index is 13.9. The Morgan fingerprint density at radius 2 is 1.82 bits per heavy atom. The minimum absolute atomic E-state index is 0.0852. The molecule has 0 fully saturated rings. The summed E-state index contributed by atoms with van der Waals surface area (Å²) in [5, 5.41) is 6.42. The lowest BCUT2D eigenvalue weighted by molar-refractivity contribution is -0.654. The molecule has 28 heavy (non-hydrogen) atoms. The highest BCUT2D eigenvalue weighted by Crippen LogP contribution is 2.25. The normalized spacial score (nSPS) is 11.0. The zero-order chi connectivity index (χ0) is 19.7. The molecule has 2 heterocycles. The van der Waals surface area contributed by atoms with Crippen molar-refractivity contribution >= 4 is 46.0 Å². The number of aromatic nitrogens is 4. The molecular formula is C19H16ClF2N6+. The molecule has 0 saturated heterocycles. The lowest BCUT2D eigenvalue weighted by atomic mass is 10.3. The highest BCUT2D eigenvalue weighted by Gasteiger charge is 2.20. The average Bonchev–Trinajstić information content (AvgIpc) is 3.03. The summed E-state index contributed by atoms with van der Waals surface area (Å²) in [6.45, 7) is 2.55. The molecule has 0 radical (unpaired) electrons. The van der Waals surface area contributed by atoms with Crippen molar-refractivity contribution in [2.75, 3.05) is 10.6 Å². The van der Waals surface area contributed by atoms with Crippen LogP contribution < -0.4 is 15.2 Å². The number of anilines is 4. The predicted molar refractivity (Wildman–Crippen MR) is 104 cm³/mol. The highest BCUT2D eigenvalue weighted by molar-refractivity contribution is 6.33. The van der Waals surface area contributed by atoms with Crippen LogP contribution in [0.25, 0.3) is 11.2 Å². The van der Waals surface area contributed by atoms with Crippen LogP contribution in [0.3, 0.4) is 0 Å². The fourth-order valence-electron chi connectivity index (χ4n) is 2.85. The van der Waals surface area contributed by atoms with Crippen LogP contribution in [0.1, 0.15) is 6.92 Å². The molecule has 0 atom stereocenters. The average molecular weight is 402 g/mol. The van der Waals surface area contributed by atoms with Crippen molar-refractivity contribution < 1.29 is 13.3 Å². The van der Waals surface area contributed by atoms with Gasteiger partial charge in [0.1, 0.15) is 23.0 Å². The first-order chi connectivity index (χ1) is 13.6. The minimum Gasteiger partial charge on any atom is -0.309 e. The number of nitrogens with zero attached hydrogens (tertiary/aromatic N) is 3. The zero-order valence-electron chi connectivity index (χ0n) is 14.8. The molecule has 3 N–H and O–H groups in total. The summed E-state index contributed by atoms with van der Waals surface area (Å²) in [6, 6.07) is 11.0. The molecule has 2 aromatic carbocycles. The number of hydrogen-bond donors (Lipinski definition) is 3. The van der Waals surface area contributed by atoms with Gasteiger partial charge in [0.15, 0.2) is 5.52 Å². The Morgan fingerprint density at radius 3 is 2.54 bits per heavy atom. The zero-order valence-corrected chi connectivity index (χ0v) is 15.6. The second-order valence-electron chi connectivity index (χ2n) is 5.98. The quantitative estimate of drug-likeness (QED) is 0.424. The second kappa shape index (κ2) is 7.40. The number of benzene rings is 2. The standard InChI is InChI=1S/C19H15ClF2N6/c1-2-28-17-15(25-19(28)24-14-9-4-3-6-11(14)20)10-23-18(27-17)26-16-12(21)7-5-8-13(16)22/h3-10H,2H2,1H3,(H2,23,24,25,26,27)/p+1. The number of H-pyrrole nitrogens is 1. The summed E-state index contributed by atoms with van der Waals surface area (Å²) in [5.41, 5.74) is 1.68. The van der Waals surface area contributed by atoms with Gasteiger partial charge in [-0.15, -0.1) is 0 Å². The third-order valence-corrected chi connectivity index (χ3v) is 4.52. The number of nitrogens with one attached hydrogen (secondary N) is 3. The van der Waals surface area contributed by atoms with Crippen LogP contribution in [0.15, 0.2) is 48.7 Å². The summed E-state index contributed by atoms with van der Waals surface area (Å²) in [6.07, 6.45) is 1.55. The van der Waals surface area contributed by atoms with Gasteiger partial charge in [-0.1, -0.05) is 34.8 Å². The van der Waals surface area contributed by atoms with Crippen LogP contribution in [0.5, 0.6) is 0 Å². The Balaban J connectivity index is 1.72. The fraction of sp³-hybridized carbons (Fsp3) is 0.105. The molecule has 4 aromatic rings. The van der Waals surface area contributed by atoms with Crippen molar-refractivity contribution in [3.63, 3.8) is 0 Å². The summed E-state index contributed by atoms with van der Waals surface area (Å²) >= 11 is 6.22. The van der Waals surface area contributed by atoms with Crippen LogP contribution in [0.4, 0.5) is 32.1 Å². The van der Waals surface area contributed by atoms with E-state index in [-0.39, 0.29) is 11.6 Å². The Kier molecular flexibility index (Phi) is 4.79. The largest absolute Gasteiger partial charge is 0.319 e. The minimum atomic E-state index is -0.720. The van der Waals surface area contributed by atoms with Crippen LogP contribution in [-0.2, 0) is 6.54 Å². The van der Waals surface area contributed by atoms with Crippen LogP contribution in [0.2, 0.25) is 5.02 Å². The molecule has 4 rings (SSSR count). The van der Waals surface area contributed by atoms with Crippen molar-refractivity contribution in [1.29, 1.82) is 0 Å². The van der Waals surface area contributed by atoms with E-state index in [1.165, 1.54) is 6.07 Å². The van der Waals surface area contributed by atoms with Crippen LogP contribution in [0, 0.1) is 11.6 Å². The van der Waals surface area contributed by atoms with Crippen molar-refractivity contribution in [1.82, 2.24) is 15.0 Å². The van der Waals surface area contributed by atoms with E-state index < -0.39 is 11.6 Å². The predicted octanol–water partition coefficient (Wildman–Crippen LogP) is 4.68. The van der Waals surface area contributed by atoms with Gasteiger partial charge < -0.3 is 5.32 Å². The van der Waals surface area contributed by atoms with E-state index in [1.807, 2.05) is 29.7 Å². The fourth-order valence-corrected chi connectivity index (χ4v) is 3.04. The molecule has 0 unspecified atom stereocenters. The molecule has 0 saturated carbocycles. The lowest BCUT2D eigenvalue weighted by Gasteiger charge is -2.05. The van der Waals surface area contributed by atoms with Crippen molar-refractivity contribution in [2.45, 2.75) is 13.5 Å². The molecule has 0 aliphatic heterocycles. The van der Waals surface area contributed by atoms with E-state index in [1.54, 1.807) is 12.3 Å². The Bertz CT molecular complexity index is 1140. The Hall–Kier alpha value is -3.26. The van der Waals surface area contributed by atoms with Gasteiger partial charge in [0.05, 0.1) is 17.8 Å². The number of hydrogen-bond acceptors (Lipinski definition) is 4. The molecule has 0 aliphatic carbocycles. The van der Waals surface area contributed by atoms with Gasteiger partial charge in [0.25, 0.3) is 11.6 Å². The molecular weight excluding hydrogens is 386 g/mol. The Morgan fingerprint density at radius 1 is 1.07 bits per heavy atom. The van der Waals surface area contributed by atoms with Gasteiger partial charge in [0.2, 0.25) is 0 Å². The first kappa shape index (κ1) is 18.1. The van der Waals surface area contributed by atoms with Gasteiger partial charge in [-0.2, -0.15) is 0 Å². The maximum Gasteiger partial charge on any atom is 0.319 e. The van der Waals surface area contributed by atoms with Crippen molar-refractivity contribution in [3.05, 3.63) is 65.3 Å². The van der Waals surface area contributed by atoms with E-state index in [4.69, 9.17) is 11.6 Å². The second-order valence-corrected chi connectivity index (χ2v) is 6.38. The van der Waals surface area contributed by atoms with Gasteiger partial charge in [-0.25, -0.2) is 18.3 Å². The summed E-state index contributed by atoms with van der Waals surface area (Å²) in [7, 11) is 0. The molecule has 2 aromatic heterocycles. The molecule has 0 amide bonds. The highest BCUT2D eigenvalue weighted by atomic mass is 35.5. The topological polar surface area (TPSA) is 69.5 Å². The SMILES string of the molecule is CC[n+]1c(Nc2ccccc2Cl)[nH]c2cnc(Nc3c(F)cccc3F)nc21. The van der Waals surface area contributed by atoms with E-state index in [0.717, 1.165) is 17.8 Å². The number of para-hydroxylation sites is 2. The third kappa shape index (κ3) is 3.34. The first-order valence-electron chi connectivity index (χ1n) is 8.58. The summed E-state index contributed by atoms with van der Waals surface area (Å²) in [5.74, 6) is -0.694. The van der Waals surface area contributed by atoms with Crippen molar-refractivity contribution in [3.8, 4) is 0 Å². The molecule has 6 nitrogen and oxygen atoms in total. The maximum absolute atomic E-state index is 13.9. The number of aromatic amines is 1. The number of halogens is 3. The van der Waals surface area contributed by atoms with E-state index in [9.17, 15) is 8.78 Å². The molecule has 9 heteroatoms. The lowest BCUT2D eigenvalue weighted by Crippen LogP contribution is -2.34. The number of imidazole rings is 1. The molecule has 0 bridgehead atoms. The molecule has 0 spiro atoms. The number of fused-ring (bicyclic) bond motifs is 1. The number of rotatable bonds is 5. The van der Waals surface area contributed by atoms with E-state index >= 15 is 0 Å². The van der Waals surface area contributed by atoms with Gasteiger partial charge in [-0.3, -0.25) is 10.3 Å². The molecule has 0 aliphatic rings. The van der Waals surface area contributed by atoms with Gasteiger partial charge >= 0.3 is 5.95 Å². The number of aryl methyl sites for hydroxylation is 1. The van der Waals surface area contributed by atoms with E-state index in [0.29, 0.717) is 28.7 Å². The van der Waals surface area contributed by atoms with E-state index in [2.05, 4.69) is 25.6 Å². The Labute approximate surface area is 164 Å². The smallest absolute Gasteiger partial charge is 0.309 e. The summed E-state index contributed by atoms with van der Waals surface area (Å²) < 4.78 is 29.7. The first-order valence-corrected chi connectivity index (χ1v) is 8.95. The summed E-state index contributed by atoms with van der Waals surface area (Å²) in [4.78, 5) is 11.8. The monoisotopic (exact) mass is 401 g/mol. The van der Waals surface area contributed by atoms with Gasteiger partial charge in [-0.05, 0) is 31.2 Å². The van der Waals surface area contributed by atoms with Crippen LogP contribution >= 0.6 is 11.6 Å². The molecule has 142 valence electrons. The van der Waals surface area contributed by atoms with Crippen molar-refractivity contribution in [2.24, 2.45) is 0 Å². The van der Waals surface area contributed by atoms with Gasteiger partial charge in [0, 0.05) is 0 Å². The third-order valence-electron chi connectivity index (χ3n) is 4.19.